The smallest absolute Gasteiger partial charge is 0.153 e. The van der Waals surface area contributed by atoms with Crippen molar-refractivity contribution in [3.05, 3.63) is 0 Å². The highest BCUT2D eigenvalue weighted by atomic mass is 32.2. The van der Waals surface area contributed by atoms with Gasteiger partial charge in [0.1, 0.15) is 5.78 Å². The van der Waals surface area contributed by atoms with Crippen molar-refractivity contribution in [1.29, 1.82) is 0 Å². The van der Waals surface area contributed by atoms with Gasteiger partial charge in [0.2, 0.25) is 0 Å². The Hall–Kier alpha value is -0.380. The molecule has 0 N–H and O–H groups in total. The molecule has 0 aromatic carbocycles. The molecule has 0 aromatic heterocycles. The summed E-state index contributed by atoms with van der Waals surface area (Å²) < 4.78 is 23.1. The fraction of sp³-hybridized carbons (Fsp3) is 0.889. The molecule has 0 spiro atoms. The largest absolute Gasteiger partial charge is 0.300 e. The van der Waals surface area contributed by atoms with Crippen molar-refractivity contribution in [2.24, 2.45) is 5.92 Å². The van der Waals surface area contributed by atoms with Crippen LogP contribution in [0.2, 0.25) is 0 Å². The minimum atomic E-state index is -3.02. The lowest BCUT2D eigenvalue weighted by Crippen LogP contribution is -2.35. The summed E-state index contributed by atoms with van der Waals surface area (Å²) in [7, 11) is -3.02. The van der Waals surface area contributed by atoms with Gasteiger partial charge in [-0.1, -0.05) is 13.8 Å². The summed E-state index contributed by atoms with van der Waals surface area (Å²) >= 11 is 0. The second-order valence-electron chi connectivity index (χ2n) is 3.75. The molecule has 3 nitrogen and oxygen atoms in total. The number of ketones is 1. The number of rotatable bonds is 2. The van der Waals surface area contributed by atoms with Gasteiger partial charge in [0, 0.05) is 18.6 Å². The normalized spacial score (nSPS) is 30.5. The molecule has 2 unspecified atom stereocenters. The Balaban J connectivity index is 2.83. The van der Waals surface area contributed by atoms with Crippen molar-refractivity contribution in [3.63, 3.8) is 0 Å². The molecule has 0 aromatic rings. The average Bonchev–Trinajstić information content (AvgIpc) is 2.09. The first-order chi connectivity index (χ1) is 5.97. The van der Waals surface area contributed by atoms with Crippen molar-refractivity contribution in [2.45, 2.75) is 38.4 Å². The van der Waals surface area contributed by atoms with Crippen molar-refractivity contribution in [1.82, 2.24) is 0 Å². The molecule has 0 saturated heterocycles. The van der Waals surface area contributed by atoms with Gasteiger partial charge in [0.25, 0.3) is 0 Å². The number of hydrogen-bond acceptors (Lipinski definition) is 3. The number of sulfone groups is 1. The van der Waals surface area contributed by atoms with Gasteiger partial charge >= 0.3 is 0 Å². The molecule has 0 heterocycles. The molecule has 1 saturated carbocycles. The summed E-state index contributed by atoms with van der Waals surface area (Å²) in [5.41, 5.74) is 0. The van der Waals surface area contributed by atoms with E-state index in [0.717, 1.165) is 6.42 Å². The summed E-state index contributed by atoms with van der Waals surface area (Å²) in [5, 5.41) is -0.418. The first kappa shape index (κ1) is 10.7. The quantitative estimate of drug-likeness (QED) is 0.678. The average molecular weight is 204 g/mol. The molecular weight excluding hydrogens is 188 g/mol. The number of carbonyl (C=O) groups is 1. The topological polar surface area (TPSA) is 51.2 Å². The number of Topliss-reactive ketones (excluding diaryl/α,β-unsaturated/α-hetero) is 1. The SMILES string of the molecule is CCS(=O)(=O)C1CC(=O)CCC1C. The standard InChI is InChI=1S/C9H16O3S/c1-3-13(11,12)9-6-8(10)5-4-7(9)2/h7,9H,3-6H2,1-2H3. The van der Waals surface area contributed by atoms with E-state index in [1.807, 2.05) is 6.92 Å². The summed E-state index contributed by atoms with van der Waals surface area (Å²) in [5.74, 6) is 0.387. The van der Waals surface area contributed by atoms with Crippen LogP contribution in [0.4, 0.5) is 0 Å². The Morgan fingerprint density at radius 1 is 1.46 bits per heavy atom. The Morgan fingerprint density at radius 2 is 2.08 bits per heavy atom. The van der Waals surface area contributed by atoms with E-state index < -0.39 is 15.1 Å². The Kier molecular flexibility index (Phi) is 3.11. The highest BCUT2D eigenvalue weighted by Crippen LogP contribution is 2.27. The first-order valence-electron chi connectivity index (χ1n) is 4.70. The fourth-order valence-corrected chi connectivity index (χ4v) is 3.51. The monoisotopic (exact) mass is 204 g/mol. The van der Waals surface area contributed by atoms with Gasteiger partial charge in [-0.05, 0) is 12.3 Å². The molecule has 1 aliphatic carbocycles. The predicted octanol–water partition coefficient (Wildman–Crippen LogP) is 1.18. The number of carbonyl (C=O) groups excluding carboxylic acids is 1. The van der Waals surface area contributed by atoms with Crippen LogP contribution in [-0.4, -0.2) is 25.2 Å². The third kappa shape index (κ3) is 2.30. The van der Waals surface area contributed by atoms with Gasteiger partial charge < -0.3 is 0 Å². The van der Waals surface area contributed by atoms with Crippen LogP contribution in [-0.2, 0) is 14.6 Å². The summed E-state index contributed by atoms with van der Waals surface area (Å²) in [6, 6.07) is 0. The van der Waals surface area contributed by atoms with Crippen LogP contribution in [0.5, 0.6) is 0 Å². The Bertz CT molecular complexity index is 292. The van der Waals surface area contributed by atoms with Gasteiger partial charge in [-0.3, -0.25) is 4.79 Å². The van der Waals surface area contributed by atoms with Gasteiger partial charge in [0.15, 0.2) is 9.84 Å². The van der Waals surface area contributed by atoms with Crippen LogP contribution in [0, 0.1) is 5.92 Å². The lowest BCUT2D eigenvalue weighted by atomic mass is 9.89. The van der Waals surface area contributed by atoms with E-state index in [1.165, 1.54) is 0 Å². The molecule has 76 valence electrons. The van der Waals surface area contributed by atoms with Gasteiger partial charge in [-0.2, -0.15) is 0 Å². The molecule has 1 rings (SSSR count). The van der Waals surface area contributed by atoms with E-state index in [2.05, 4.69) is 0 Å². The third-order valence-corrected chi connectivity index (χ3v) is 5.16. The molecule has 1 aliphatic rings. The zero-order valence-electron chi connectivity index (χ0n) is 8.12. The van der Waals surface area contributed by atoms with E-state index in [-0.39, 0.29) is 23.9 Å². The van der Waals surface area contributed by atoms with Crippen LogP contribution in [0.25, 0.3) is 0 Å². The molecule has 0 amide bonds. The zero-order valence-corrected chi connectivity index (χ0v) is 8.93. The van der Waals surface area contributed by atoms with Gasteiger partial charge in [-0.15, -0.1) is 0 Å². The lowest BCUT2D eigenvalue weighted by molar-refractivity contribution is -0.120. The van der Waals surface area contributed by atoms with Crippen molar-refractivity contribution < 1.29 is 13.2 Å². The van der Waals surface area contributed by atoms with E-state index in [1.54, 1.807) is 6.92 Å². The minimum Gasteiger partial charge on any atom is -0.300 e. The minimum absolute atomic E-state index is 0.0973. The van der Waals surface area contributed by atoms with E-state index in [4.69, 9.17) is 0 Å². The van der Waals surface area contributed by atoms with Gasteiger partial charge in [-0.25, -0.2) is 8.42 Å². The highest BCUT2D eigenvalue weighted by Gasteiger charge is 2.34. The fourth-order valence-electron chi connectivity index (χ4n) is 1.80. The number of hydrogen-bond donors (Lipinski definition) is 0. The molecule has 1 fully saturated rings. The first-order valence-corrected chi connectivity index (χ1v) is 6.42. The summed E-state index contributed by atoms with van der Waals surface area (Å²) in [6.07, 6.45) is 1.51. The molecule has 2 atom stereocenters. The maximum atomic E-state index is 11.6. The van der Waals surface area contributed by atoms with E-state index in [9.17, 15) is 13.2 Å². The summed E-state index contributed by atoms with van der Waals surface area (Å²) in [4.78, 5) is 11.1. The van der Waals surface area contributed by atoms with Crippen molar-refractivity contribution in [2.75, 3.05) is 5.75 Å². The molecule has 4 heteroatoms. The lowest BCUT2D eigenvalue weighted by Gasteiger charge is -2.27. The van der Waals surface area contributed by atoms with Crippen LogP contribution >= 0.6 is 0 Å². The molecule has 13 heavy (non-hydrogen) atoms. The Morgan fingerprint density at radius 3 is 2.62 bits per heavy atom. The summed E-state index contributed by atoms with van der Waals surface area (Å²) in [6.45, 7) is 3.56. The molecule has 0 radical (unpaired) electrons. The van der Waals surface area contributed by atoms with Crippen molar-refractivity contribution in [3.8, 4) is 0 Å². The zero-order chi connectivity index (χ0) is 10.1. The Labute approximate surface area is 79.4 Å². The van der Waals surface area contributed by atoms with E-state index >= 15 is 0 Å². The van der Waals surface area contributed by atoms with Crippen LogP contribution in [0.15, 0.2) is 0 Å². The second-order valence-corrected chi connectivity index (χ2v) is 6.26. The van der Waals surface area contributed by atoms with E-state index in [0.29, 0.717) is 6.42 Å². The molecular formula is C9H16O3S. The maximum Gasteiger partial charge on any atom is 0.153 e. The van der Waals surface area contributed by atoms with Crippen LogP contribution in [0.3, 0.4) is 0 Å². The molecule has 0 aliphatic heterocycles. The highest BCUT2D eigenvalue weighted by molar-refractivity contribution is 7.92. The second kappa shape index (κ2) is 3.78. The molecule has 0 bridgehead atoms. The van der Waals surface area contributed by atoms with Gasteiger partial charge in [0.05, 0.1) is 5.25 Å². The van der Waals surface area contributed by atoms with Crippen LogP contribution in [0.1, 0.15) is 33.1 Å². The van der Waals surface area contributed by atoms with Crippen molar-refractivity contribution >= 4 is 15.6 Å². The predicted molar refractivity (Wildman–Crippen MR) is 51.3 cm³/mol. The maximum absolute atomic E-state index is 11.6. The third-order valence-electron chi connectivity index (χ3n) is 2.81. The van der Waals surface area contributed by atoms with Crippen LogP contribution < -0.4 is 0 Å².